The monoisotopic (exact) mass is 478 g/mol. The van der Waals surface area contributed by atoms with Gasteiger partial charge in [-0.3, -0.25) is 4.79 Å². The maximum absolute atomic E-state index is 14.4. The lowest BCUT2D eigenvalue weighted by molar-refractivity contribution is -0.163. The zero-order valence-corrected chi connectivity index (χ0v) is 23.2. The van der Waals surface area contributed by atoms with Crippen LogP contribution in [0.3, 0.4) is 0 Å². The summed E-state index contributed by atoms with van der Waals surface area (Å²) in [5.74, 6) is 0.534. The van der Waals surface area contributed by atoms with E-state index in [4.69, 9.17) is 4.74 Å². The Labute approximate surface area is 209 Å². The number of β-amino-alcohol motifs (C(OH)–C–C–N with tert-alkyl or cyclic N) is 1. The van der Waals surface area contributed by atoms with E-state index in [0.29, 0.717) is 25.3 Å². The molecular weight excluding hydrogens is 424 g/mol. The van der Waals surface area contributed by atoms with Crippen molar-refractivity contribution in [3.8, 4) is 0 Å². The molecule has 1 aliphatic carbocycles. The second kappa shape index (κ2) is 11.2. The maximum atomic E-state index is 14.4. The van der Waals surface area contributed by atoms with E-state index in [2.05, 4.69) is 46.9 Å². The molecule has 34 heavy (non-hydrogen) atoms. The molecule has 0 aromatic rings. The van der Waals surface area contributed by atoms with Gasteiger partial charge in [-0.05, 0) is 78.6 Å². The molecule has 0 aromatic carbocycles. The smallest absolute Gasteiger partial charge is 0.257 e. The maximum Gasteiger partial charge on any atom is 0.257 e. The van der Waals surface area contributed by atoms with Gasteiger partial charge in [0.25, 0.3) is 5.91 Å². The van der Waals surface area contributed by atoms with Crippen molar-refractivity contribution in [3.63, 3.8) is 0 Å². The van der Waals surface area contributed by atoms with Crippen molar-refractivity contribution in [3.05, 3.63) is 0 Å². The number of hydrogen-bond acceptors (Lipinski definition) is 4. The van der Waals surface area contributed by atoms with Gasteiger partial charge < -0.3 is 20.1 Å². The first-order valence-corrected chi connectivity index (χ1v) is 14.4. The van der Waals surface area contributed by atoms with Gasteiger partial charge in [-0.2, -0.15) is 0 Å². The van der Waals surface area contributed by atoms with Gasteiger partial charge in [0.1, 0.15) is 5.72 Å². The number of rotatable bonds is 4. The summed E-state index contributed by atoms with van der Waals surface area (Å²) in [6.45, 7) is 13.6. The third-order valence-corrected chi connectivity index (χ3v) is 8.34. The molecule has 5 nitrogen and oxygen atoms in total. The summed E-state index contributed by atoms with van der Waals surface area (Å²) in [7, 11) is 0. The predicted octanol–water partition coefficient (Wildman–Crippen LogP) is 6.32. The number of hydrogen-bond donors (Lipinski definition) is 2. The van der Waals surface area contributed by atoms with Crippen LogP contribution in [-0.4, -0.2) is 51.0 Å². The molecule has 2 aliphatic heterocycles. The highest BCUT2D eigenvalue weighted by atomic mass is 16.6. The van der Waals surface area contributed by atoms with Crippen LogP contribution in [0.15, 0.2) is 0 Å². The lowest BCUT2D eigenvalue weighted by atomic mass is 9.84. The number of ether oxygens (including phenoxy) is 1. The lowest BCUT2D eigenvalue weighted by Crippen LogP contribution is -2.53. The highest BCUT2D eigenvalue weighted by Crippen LogP contribution is 2.49. The van der Waals surface area contributed by atoms with Crippen LogP contribution in [0.5, 0.6) is 0 Å². The van der Waals surface area contributed by atoms with Gasteiger partial charge in [0.05, 0.1) is 6.10 Å². The van der Waals surface area contributed by atoms with Crippen LogP contribution in [0.4, 0.5) is 0 Å². The Balaban J connectivity index is 1.95. The molecule has 0 aromatic heterocycles. The molecule has 3 aliphatic rings. The van der Waals surface area contributed by atoms with E-state index in [1.54, 1.807) is 0 Å². The van der Waals surface area contributed by atoms with Crippen molar-refractivity contribution in [2.45, 2.75) is 166 Å². The SMILES string of the molecule is CC(C)CC(O)CN1C(=O)C2(CCC(C)(C)NC(C)(C)C2)OC12CCCCCCCCCCC2. The number of amides is 1. The van der Waals surface area contributed by atoms with E-state index in [1.165, 1.54) is 44.9 Å². The Hall–Kier alpha value is -0.650. The average molecular weight is 479 g/mol. The molecule has 2 heterocycles. The van der Waals surface area contributed by atoms with E-state index in [0.717, 1.165) is 38.5 Å². The first-order valence-electron chi connectivity index (χ1n) is 14.4. The second-order valence-electron chi connectivity index (χ2n) is 13.5. The first-order chi connectivity index (χ1) is 15.9. The van der Waals surface area contributed by atoms with E-state index < -0.39 is 17.4 Å². The molecule has 1 amide bonds. The Morgan fingerprint density at radius 2 is 1.38 bits per heavy atom. The lowest BCUT2D eigenvalue weighted by Gasteiger charge is -2.39. The number of nitrogens with one attached hydrogen (secondary N) is 1. The number of carbonyl (C=O) groups is 1. The van der Waals surface area contributed by atoms with Crippen LogP contribution in [0.25, 0.3) is 0 Å². The quantitative estimate of drug-likeness (QED) is 0.496. The zero-order chi connectivity index (χ0) is 25.0. The van der Waals surface area contributed by atoms with E-state index in [1.807, 2.05) is 4.90 Å². The highest BCUT2D eigenvalue weighted by Gasteiger charge is 2.62. The summed E-state index contributed by atoms with van der Waals surface area (Å²) >= 11 is 0. The van der Waals surface area contributed by atoms with Crippen LogP contribution in [-0.2, 0) is 9.53 Å². The van der Waals surface area contributed by atoms with Crippen molar-refractivity contribution in [1.82, 2.24) is 10.2 Å². The minimum Gasteiger partial charge on any atom is -0.391 e. The molecule has 2 N–H and O–H groups in total. The summed E-state index contributed by atoms with van der Waals surface area (Å²) in [6, 6.07) is 0. The Kier molecular flexibility index (Phi) is 9.18. The predicted molar refractivity (Wildman–Crippen MR) is 140 cm³/mol. The summed E-state index contributed by atoms with van der Waals surface area (Å²) in [6.07, 6.45) is 15.5. The van der Waals surface area contributed by atoms with Gasteiger partial charge in [-0.15, -0.1) is 0 Å². The summed E-state index contributed by atoms with van der Waals surface area (Å²) in [5.41, 5.74) is -1.60. The number of nitrogens with zero attached hydrogens (tertiary/aromatic N) is 1. The number of aliphatic hydroxyl groups excluding tert-OH is 1. The second-order valence-corrected chi connectivity index (χ2v) is 13.5. The van der Waals surface area contributed by atoms with Crippen molar-refractivity contribution in [2.24, 2.45) is 5.92 Å². The molecule has 2 unspecified atom stereocenters. The van der Waals surface area contributed by atoms with Crippen molar-refractivity contribution < 1.29 is 14.6 Å². The summed E-state index contributed by atoms with van der Waals surface area (Å²) in [4.78, 5) is 16.4. The van der Waals surface area contributed by atoms with Crippen molar-refractivity contribution >= 4 is 5.91 Å². The molecule has 0 bridgehead atoms. The molecule has 2 atom stereocenters. The Morgan fingerprint density at radius 3 is 1.91 bits per heavy atom. The van der Waals surface area contributed by atoms with E-state index in [9.17, 15) is 9.90 Å². The zero-order valence-electron chi connectivity index (χ0n) is 23.2. The van der Waals surface area contributed by atoms with Gasteiger partial charge in [0, 0.05) is 24.0 Å². The van der Waals surface area contributed by atoms with Crippen molar-refractivity contribution in [2.75, 3.05) is 6.54 Å². The fraction of sp³-hybridized carbons (Fsp3) is 0.966. The van der Waals surface area contributed by atoms with Crippen LogP contribution in [0, 0.1) is 5.92 Å². The minimum atomic E-state index is -0.793. The molecule has 2 spiro atoms. The molecule has 3 rings (SSSR count). The van der Waals surface area contributed by atoms with Crippen LogP contribution in [0.2, 0.25) is 0 Å². The molecule has 3 fully saturated rings. The van der Waals surface area contributed by atoms with Gasteiger partial charge in [0.15, 0.2) is 5.60 Å². The minimum absolute atomic E-state index is 0.0408. The molecule has 0 radical (unpaired) electrons. The number of aliphatic hydroxyl groups is 1. The third kappa shape index (κ3) is 6.97. The fourth-order valence-corrected chi connectivity index (χ4v) is 7.12. The summed E-state index contributed by atoms with van der Waals surface area (Å²) < 4.78 is 7.19. The normalized spacial score (nSPS) is 31.3. The van der Waals surface area contributed by atoms with Gasteiger partial charge in [-0.25, -0.2) is 0 Å². The molecule has 198 valence electrons. The molecule has 5 heteroatoms. The van der Waals surface area contributed by atoms with Gasteiger partial charge >= 0.3 is 0 Å². The van der Waals surface area contributed by atoms with Gasteiger partial charge in [-0.1, -0.05) is 58.8 Å². The highest BCUT2D eigenvalue weighted by molar-refractivity contribution is 5.88. The largest absolute Gasteiger partial charge is 0.391 e. The van der Waals surface area contributed by atoms with Crippen molar-refractivity contribution in [1.29, 1.82) is 0 Å². The van der Waals surface area contributed by atoms with Crippen LogP contribution >= 0.6 is 0 Å². The van der Waals surface area contributed by atoms with E-state index >= 15 is 0 Å². The van der Waals surface area contributed by atoms with E-state index in [-0.39, 0.29) is 17.0 Å². The van der Waals surface area contributed by atoms with Gasteiger partial charge in [0.2, 0.25) is 0 Å². The topological polar surface area (TPSA) is 61.8 Å². The Morgan fingerprint density at radius 1 is 0.853 bits per heavy atom. The average Bonchev–Trinajstić information content (AvgIpc) is 2.83. The third-order valence-electron chi connectivity index (χ3n) is 8.34. The standard InChI is InChI=1S/C29H54N2O3/c1-23(2)20-24(32)21-31-25(33)28(19-18-26(3,4)30-27(5,6)22-28)34-29(31)16-14-12-10-8-7-9-11-13-15-17-29/h23-24,30,32H,7-22H2,1-6H3. The number of carbonyl (C=O) groups excluding carboxylic acids is 1. The first kappa shape index (κ1) is 27.9. The Bertz CT molecular complexity index is 662. The molecule has 2 saturated heterocycles. The summed E-state index contributed by atoms with van der Waals surface area (Å²) in [5, 5.41) is 14.8. The van der Waals surface area contributed by atoms with Crippen LogP contribution < -0.4 is 5.32 Å². The molecule has 1 saturated carbocycles. The fourth-order valence-electron chi connectivity index (χ4n) is 7.12. The molecular formula is C29H54N2O3. The van der Waals surface area contributed by atoms with Crippen LogP contribution in [0.1, 0.15) is 138 Å².